The Balaban J connectivity index is 1.11. The van der Waals surface area contributed by atoms with E-state index in [2.05, 4.69) is 20.0 Å². The maximum atomic E-state index is 13.0. The number of rotatable bonds is 3. The van der Waals surface area contributed by atoms with Crippen LogP contribution < -0.4 is 4.90 Å². The molecule has 0 unspecified atom stereocenters. The average Bonchev–Trinajstić information content (AvgIpc) is 3.14. The number of nitrogens with zero attached hydrogens (tertiary/aromatic N) is 6. The highest BCUT2D eigenvalue weighted by atomic mass is 32.1. The first-order valence-electron chi connectivity index (χ1n) is 10.5. The lowest BCUT2D eigenvalue weighted by Crippen LogP contribution is -2.31. The first kappa shape index (κ1) is 18.8. The van der Waals surface area contributed by atoms with Gasteiger partial charge in [0.2, 0.25) is 0 Å². The van der Waals surface area contributed by atoms with Crippen LogP contribution in [0.1, 0.15) is 22.5 Å². The first-order chi connectivity index (χ1) is 15.5. The van der Waals surface area contributed by atoms with E-state index < -0.39 is 11.7 Å². The van der Waals surface area contributed by atoms with Gasteiger partial charge in [0, 0.05) is 19.0 Å². The van der Waals surface area contributed by atoms with E-state index in [4.69, 9.17) is 9.72 Å². The summed E-state index contributed by atoms with van der Waals surface area (Å²) in [6.07, 6.45) is -0.821. The molecule has 7 rings (SSSR count). The van der Waals surface area contributed by atoms with E-state index in [0.29, 0.717) is 36.5 Å². The highest BCUT2D eigenvalue weighted by molar-refractivity contribution is 7.18. The smallest absolute Gasteiger partial charge is 0.377 e. The van der Waals surface area contributed by atoms with Gasteiger partial charge in [-0.2, -0.15) is 18.3 Å². The van der Waals surface area contributed by atoms with Crippen LogP contribution in [0, 0.1) is 11.8 Å². The second kappa shape index (κ2) is 6.38. The minimum absolute atomic E-state index is 0.213. The number of hydrogen-bond donors (Lipinski definition) is 0. The van der Waals surface area contributed by atoms with Gasteiger partial charge in [-0.05, 0) is 30.0 Å². The van der Waals surface area contributed by atoms with E-state index in [-0.39, 0.29) is 6.04 Å². The second-order valence-corrected chi connectivity index (χ2v) is 9.77. The van der Waals surface area contributed by atoms with Crippen LogP contribution in [-0.2, 0) is 10.9 Å². The normalized spacial score (nSPS) is 25.5. The fourth-order valence-corrected chi connectivity index (χ4v) is 6.14. The van der Waals surface area contributed by atoms with Crippen molar-refractivity contribution in [2.45, 2.75) is 18.1 Å². The van der Waals surface area contributed by atoms with Gasteiger partial charge in [0.1, 0.15) is 17.4 Å². The zero-order valence-corrected chi connectivity index (χ0v) is 17.5. The van der Waals surface area contributed by atoms with Gasteiger partial charge in [0.15, 0.2) is 5.65 Å². The number of anilines is 1. The monoisotopic (exact) mass is 458 g/mol. The van der Waals surface area contributed by atoms with Gasteiger partial charge >= 0.3 is 6.18 Å². The van der Waals surface area contributed by atoms with Crippen molar-refractivity contribution in [2.24, 2.45) is 11.8 Å². The van der Waals surface area contributed by atoms with Crippen molar-refractivity contribution in [1.29, 1.82) is 0 Å². The van der Waals surface area contributed by atoms with Crippen molar-refractivity contribution in [3.05, 3.63) is 41.2 Å². The van der Waals surface area contributed by atoms with Gasteiger partial charge in [0.05, 0.1) is 46.4 Å². The molecule has 0 spiro atoms. The predicted molar refractivity (Wildman–Crippen MR) is 112 cm³/mol. The molecule has 1 saturated carbocycles. The molecule has 0 N–H and O–H groups in total. The van der Waals surface area contributed by atoms with Crippen LogP contribution in [0.5, 0.6) is 0 Å². The fraction of sp³-hybridized carbons (Fsp3) is 0.429. The molecule has 3 aliphatic rings. The molecule has 1 aliphatic carbocycles. The fourth-order valence-electron chi connectivity index (χ4n) is 4.94. The summed E-state index contributed by atoms with van der Waals surface area (Å²) in [5.41, 5.74) is 1.34. The summed E-state index contributed by atoms with van der Waals surface area (Å²) in [5, 5.41) is 5.36. The summed E-state index contributed by atoms with van der Waals surface area (Å²) < 4.78 is 47.0. The van der Waals surface area contributed by atoms with Crippen molar-refractivity contribution in [3.63, 3.8) is 0 Å². The van der Waals surface area contributed by atoms with Crippen molar-refractivity contribution in [3.8, 4) is 0 Å². The summed E-state index contributed by atoms with van der Waals surface area (Å²) in [6, 6.07) is 4.03. The molecule has 164 valence electrons. The first-order valence-corrected chi connectivity index (χ1v) is 11.3. The number of fused-ring (bicyclic) bond motifs is 3. The number of aromatic nitrogens is 5. The number of halogens is 3. The zero-order chi connectivity index (χ0) is 21.6. The molecule has 3 atom stereocenters. The third kappa shape index (κ3) is 2.77. The van der Waals surface area contributed by atoms with Crippen molar-refractivity contribution < 1.29 is 17.9 Å². The predicted octanol–water partition coefficient (Wildman–Crippen LogP) is 3.88. The molecule has 4 aromatic rings. The van der Waals surface area contributed by atoms with Gasteiger partial charge in [-0.1, -0.05) is 0 Å². The molecule has 2 saturated heterocycles. The Bertz CT molecular complexity index is 1350. The SMILES string of the molecule is FC(F)(F)c1ccc2sc([C@H]3[C@@H]4CN(c5cnc6cnn(C7COC7)c6n5)C[C@@H]43)nc2c1. The number of ether oxygens (including phenoxy) is 1. The summed E-state index contributed by atoms with van der Waals surface area (Å²) >= 11 is 1.51. The molecule has 0 bridgehead atoms. The summed E-state index contributed by atoms with van der Waals surface area (Å²) in [5.74, 6) is 2.04. The van der Waals surface area contributed by atoms with E-state index in [9.17, 15) is 13.2 Å². The maximum absolute atomic E-state index is 13.0. The van der Waals surface area contributed by atoms with Crippen LogP contribution in [-0.4, -0.2) is 51.0 Å². The third-order valence-electron chi connectivity index (χ3n) is 6.79. The number of benzene rings is 1. The Hall–Kier alpha value is -2.79. The number of thiazole rings is 1. The van der Waals surface area contributed by atoms with Gasteiger partial charge in [0.25, 0.3) is 0 Å². The van der Waals surface area contributed by atoms with Crippen LogP contribution in [0.2, 0.25) is 0 Å². The Morgan fingerprint density at radius 3 is 2.56 bits per heavy atom. The minimum Gasteiger partial charge on any atom is -0.377 e. The van der Waals surface area contributed by atoms with Gasteiger partial charge < -0.3 is 9.64 Å². The van der Waals surface area contributed by atoms with Crippen LogP contribution in [0.3, 0.4) is 0 Å². The highest BCUT2D eigenvalue weighted by Gasteiger charge is 2.58. The number of hydrogen-bond acceptors (Lipinski definition) is 7. The van der Waals surface area contributed by atoms with Gasteiger partial charge in [-0.15, -0.1) is 11.3 Å². The molecule has 0 radical (unpaired) electrons. The molecule has 5 heterocycles. The lowest BCUT2D eigenvalue weighted by molar-refractivity contribution is -0.137. The summed E-state index contributed by atoms with van der Waals surface area (Å²) in [6.45, 7) is 2.98. The molecule has 2 aliphatic heterocycles. The molecule has 0 amide bonds. The van der Waals surface area contributed by atoms with E-state index in [1.54, 1.807) is 12.4 Å². The molecule has 1 aromatic carbocycles. The third-order valence-corrected chi connectivity index (χ3v) is 7.93. The molecular formula is C21H17F3N6OS. The highest BCUT2D eigenvalue weighted by Crippen LogP contribution is 2.59. The number of alkyl halides is 3. The van der Waals surface area contributed by atoms with E-state index in [1.165, 1.54) is 17.4 Å². The topological polar surface area (TPSA) is 69.0 Å². The van der Waals surface area contributed by atoms with E-state index >= 15 is 0 Å². The quantitative estimate of drug-likeness (QED) is 0.464. The largest absolute Gasteiger partial charge is 0.416 e. The van der Waals surface area contributed by atoms with Crippen LogP contribution in [0.15, 0.2) is 30.6 Å². The Labute approximate surface area is 183 Å². The number of piperidine rings is 1. The molecular weight excluding hydrogens is 441 g/mol. The van der Waals surface area contributed by atoms with Gasteiger partial charge in [-0.3, -0.25) is 0 Å². The molecule has 32 heavy (non-hydrogen) atoms. The Morgan fingerprint density at radius 1 is 1.03 bits per heavy atom. The summed E-state index contributed by atoms with van der Waals surface area (Å²) in [7, 11) is 0. The lowest BCUT2D eigenvalue weighted by Gasteiger charge is -2.26. The maximum Gasteiger partial charge on any atom is 0.416 e. The Kier molecular flexibility index (Phi) is 3.74. The average molecular weight is 458 g/mol. The standard InChI is InChI=1S/C21H17F3N6OS/c22-21(23,24)10-1-2-16-14(3-10)27-20(32-16)18-12-6-29(7-13(12)18)17-5-25-15-4-26-30(19(15)28-17)11-8-31-9-11/h1-5,11-13,18H,6-9H2/t12-,13+,18+. The minimum atomic E-state index is -4.35. The zero-order valence-electron chi connectivity index (χ0n) is 16.7. The molecule has 7 nitrogen and oxygen atoms in total. The molecule has 3 fully saturated rings. The van der Waals surface area contributed by atoms with Crippen LogP contribution >= 0.6 is 11.3 Å². The van der Waals surface area contributed by atoms with Crippen molar-refractivity contribution >= 4 is 38.5 Å². The van der Waals surface area contributed by atoms with E-state index in [1.807, 2.05) is 4.68 Å². The van der Waals surface area contributed by atoms with Gasteiger partial charge in [-0.25, -0.2) is 19.6 Å². The lowest BCUT2D eigenvalue weighted by atomic mass is 10.2. The second-order valence-electron chi connectivity index (χ2n) is 8.71. The van der Waals surface area contributed by atoms with Crippen molar-refractivity contribution in [2.75, 3.05) is 31.2 Å². The van der Waals surface area contributed by atoms with E-state index in [0.717, 1.165) is 51.9 Å². The van der Waals surface area contributed by atoms with Crippen molar-refractivity contribution in [1.82, 2.24) is 24.7 Å². The molecule has 3 aromatic heterocycles. The summed E-state index contributed by atoms with van der Waals surface area (Å²) in [4.78, 5) is 16.2. The van der Waals surface area contributed by atoms with Crippen LogP contribution in [0.25, 0.3) is 21.4 Å². The molecule has 11 heteroatoms. The van der Waals surface area contributed by atoms with Crippen LogP contribution in [0.4, 0.5) is 19.0 Å². The Morgan fingerprint density at radius 2 is 1.84 bits per heavy atom.